The molecule has 2 N–H and O–H groups in total. The highest BCUT2D eigenvalue weighted by molar-refractivity contribution is 6.04. The molecule has 0 radical (unpaired) electrons. The van der Waals surface area contributed by atoms with Gasteiger partial charge in [-0.1, -0.05) is 17.7 Å². The molecule has 1 saturated heterocycles. The summed E-state index contributed by atoms with van der Waals surface area (Å²) in [5.74, 6) is 5.03. The van der Waals surface area contributed by atoms with E-state index >= 15 is 0 Å². The molecule has 2 rings (SSSR count). The quantitative estimate of drug-likeness (QED) is 0.566. The highest BCUT2D eigenvalue weighted by Gasteiger charge is 2.30. The molecule has 3 amide bonds. The second kappa shape index (κ2) is 3.94. The Morgan fingerprint density at radius 2 is 1.81 bits per heavy atom. The third kappa shape index (κ3) is 1.77. The molecule has 5 nitrogen and oxygen atoms in total. The number of benzene rings is 1. The molecule has 1 aliphatic heterocycles. The molecule has 1 aromatic carbocycles. The largest absolute Gasteiger partial charge is 0.345 e. The van der Waals surface area contributed by atoms with Crippen molar-refractivity contribution < 1.29 is 9.59 Å². The van der Waals surface area contributed by atoms with Crippen LogP contribution in [0.15, 0.2) is 24.3 Å². The minimum Gasteiger partial charge on any atom is -0.292 e. The van der Waals surface area contributed by atoms with Gasteiger partial charge in [-0.3, -0.25) is 9.69 Å². The summed E-state index contributed by atoms with van der Waals surface area (Å²) in [5.41, 5.74) is 1.88. The monoisotopic (exact) mass is 219 g/mol. The predicted molar refractivity (Wildman–Crippen MR) is 59.6 cm³/mol. The number of imide groups is 1. The van der Waals surface area contributed by atoms with E-state index in [0.717, 1.165) is 11.3 Å². The topological polar surface area (TPSA) is 66.6 Å². The molecule has 5 heteroatoms. The van der Waals surface area contributed by atoms with Crippen molar-refractivity contribution in [3.8, 4) is 0 Å². The molecule has 1 aromatic rings. The molecule has 1 heterocycles. The van der Waals surface area contributed by atoms with Gasteiger partial charge in [0.1, 0.15) is 0 Å². The normalized spacial score (nSPS) is 16.9. The molecule has 0 saturated carbocycles. The summed E-state index contributed by atoms with van der Waals surface area (Å²) in [7, 11) is 0. The van der Waals surface area contributed by atoms with E-state index in [1.54, 1.807) is 0 Å². The van der Waals surface area contributed by atoms with Crippen LogP contribution in [0.2, 0.25) is 0 Å². The molecule has 0 aromatic heterocycles. The van der Waals surface area contributed by atoms with Crippen LogP contribution in [0.25, 0.3) is 0 Å². The molecular weight excluding hydrogens is 206 g/mol. The first kappa shape index (κ1) is 10.6. The fourth-order valence-corrected chi connectivity index (χ4v) is 1.62. The van der Waals surface area contributed by atoms with Crippen LogP contribution < -0.4 is 10.7 Å². The van der Waals surface area contributed by atoms with Gasteiger partial charge in [-0.05, 0) is 19.1 Å². The number of nitrogens with two attached hydrogens (primary N) is 1. The summed E-state index contributed by atoms with van der Waals surface area (Å²) in [5, 5.41) is 0.670. The Morgan fingerprint density at radius 3 is 2.44 bits per heavy atom. The second-order valence-corrected chi connectivity index (χ2v) is 3.78. The van der Waals surface area contributed by atoms with Crippen LogP contribution in [0, 0.1) is 6.92 Å². The van der Waals surface area contributed by atoms with Crippen molar-refractivity contribution >= 4 is 17.6 Å². The van der Waals surface area contributed by atoms with Crippen LogP contribution in [-0.2, 0) is 4.79 Å². The van der Waals surface area contributed by atoms with Gasteiger partial charge in [0.25, 0.3) is 0 Å². The van der Waals surface area contributed by atoms with Crippen molar-refractivity contribution in [3.05, 3.63) is 29.8 Å². The van der Waals surface area contributed by atoms with Crippen molar-refractivity contribution in [2.45, 2.75) is 13.3 Å². The predicted octanol–water partition coefficient (Wildman–Crippen LogP) is 1.03. The summed E-state index contributed by atoms with van der Waals surface area (Å²) in [6.07, 6.45) is 0.260. The minimum atomic E-state index is -0.472. The van der Waals surface area contributed by atoms with Gasteiger partial charge in [-0.15, -0.1) is 0 Å². The van der Waals surface area contributed by atoms with Crippen molar-refractivity contribution in [2.24, 2.45) is 5.84 Å². The van der Waals surface area contributed by atoms with Crippen LogP contribution in [0.1, 0.15) is 12.0 Å². The Kier molecular flexibility index (Phi) is 2.62. The number of carbonyl (C=O) groups excluding carboxylic acids is 2. The maximum atomic E-state index is 11.7. The second-order valence-electron chi connectivity index (χ2n) is 3.78. The Morgan fingerprint density at radius 1 is 1.19 bits per heavy atom. The van der Waals surface area contributed by atoms with E-state index in [1.807, 2.05) is 31.2 Å². The number of rotatable bonds is 1. The summed E-state index contributed by atoms with van der Waals surface area (Å²) in [4.78, 5) is 24.4. The molecule has 1 fully saturated rings. The molecule has 0 bridgehead atoms. The highest BCUT2D eigenvalue weighted by Crippen LogP contribution is 2.19. The Balaban J connectivity index is 2.25. The van der Waals surface area contributed by atoms with E-state index in [4.69, 9.17) is 5.84 Å². The zero-order chi connectivity index (χ0) is 11.7. The van der Waals surface area contributed by atoms with Crippen LogP contribution in [0.4, 0.5) is 10.5 Å². The lowest BCUT2D eigenvalue weighted by Gasteiger charge is -2.31. The van der Waals surface area contributed by atoms with Gasteiger partial charge in [0.15, 0.2) is 0 Å². The average molecular weight is 219 g/mol. The van der Waals surface area contributed by atoms with E-state index in [0.29, 0.717) is 11.6 Å². The summed E-state index contributed by atoms with van der Waals surface area (Å²) >= 11 is 0. The molecule has 1 aliphatic rings. The first-order valence-electron chi connectivity index (χ1n) is 5.05. The van der Waals surface area contributed by atoms with E-state index < -0.39 is 6.03 Å². The Labute approximate surface area is 93.4 Å². The molecule has 16 heavy (non-hydrogen) atoms. The fraction of sp³-hybridized carbons (Fsp3) is 0.273. The zero-order valence-electron chi connectivity index (χ0n) is 9.01. The first-order valence-corrected chi connectivity index (χ1v) is 5.05. The summed E-state index contributed by atoms with van der Waals surface area (Å²) < 4.78 is 0. The minimum absolute atomic E-state index is 0.260. The lowest BCUT2D eigenvalue weighted by Crippen LogP contribution is -2.55. The van der Waals surface area contributed by atoms with Gasteiger partial charge in [-0.2, -0.15) is 5.01 Å². The third-order valence-corrected chi connectivity index (χ3v) is 2.60. The maximum Gasteiger partial charge on any atom is 0.345 e. The number of carbonyl (C=O) groups is 2. The number of hydrazine groups is 1. The standard InChI is InChI=1S/C11H13N3O2/c1-8-2-4-9(5-3-8)13-7-6-10(15)14(12)11(13)16/h2-5H,6-7,12H2,1H3. The fourth-order valence-electron chi connectivity index (χ4n) is 1.62. The number of urea groups is 1. The molecular formula is C11H13N3O2. The van der Waals surface area contributed by atoms with E-state index in [2.05, 4.69) is 0 Å². The van der Waals surface area contributed by atoms with E-state index in [1.165, 1.54) is 4.90 Å². The SMILES string of the molecule is Cc1ccc(N2CCC(=O)N(N)C2=O)cc1. The van der Waals surface area contributed by atoms with E-state index in [9.17, 15) is 9.59 Å². The molecule has 84 valence electrons. The van der Waals surface area contributed by atoms with Crippen molar-refractivity contribution in [3.63, 3.8) is 0 Å². The lowest BCUT2D eigenvalue weighted by atomic mass is 10.2. The molecule has 0 unspecified atom stereocenters. The lowest BCUT2D eigenvalue weighted by molar-refractivity contribution is -0.129. The number of anilines is 1. The number of amides is 3. The van der Waals surface area contributed by atoms with Gasteiger partial charge in [-0.25, -0.2) is 10.6 Å². The maximum absolute atomic E-state index is 11.7. The summed E-state index contributed by atoms with van der Waals surface area (Å²) in [6, 6.07) is 7.05. The highest BCUT2D eigenvalue weighted by atomic mass is 16.2. The number of aryl methyl sites for hydroxylation is 1. The molecule has 0 atom stereocenters. The van der Waals surface area contributed by atoms with Gasteiger partial charge in [0, 0.05) is 18.7 Å². The Bertz CT molecular complexity index is 427. The summed E-state index contributed by atoms with van der Waals surface area (Å²) in [6.45, 7) is 2.36. The van der Waals surface area contributed by atoms with Gasteiger partial charge in [0.05, 0.1) is 0 Å². The number of hydrogen-bond acceptors (Lipinski definition) is 3. The van der Waals surface area contributed by atoms with Crippen LogP contribution in [0.3, 0.4) is 0 Å². The smallest absolute Gasteiger partial charge is 0.292 e. The zero-order valence-corrected chi connectivity index (χ0v) is 9.01. The van der Waals surface area contributed by atoms with Crippen molar-refractivity contribution in [1.82, 2.24) is 5.01 Å². The molecule has 0 aliphatic carbocycles. The van der Waals surface area contributed by atoms with Crippen LogP contribution >= 0.6 is 0 Å². The van der Waals surface area contributed by atoms with Crippen LogP contribution in [-0.4, -0.2) is 23.5 Å². The van der Waals surface area contributed by atoms with Gasteiger partial charge in [0.2, 0.25) is 5.91 Å². The third-order valence-electron chi connectivity index (χ3n) is 2.60. The van der Waals surface area contributed by atoms with Gasteiger partial charge < -0.3 is 0 Å². The Hall–Kier alpha value is -1.88. The van der Waals surface area contributed by atoms with Gasteiger partial charge >= 0.3 is 6.03 Å². The van der Waals surface area contributed by atoms with Crippen molar-refractivity contribution in [1.29, 1.82) is 0 Å². The average Bonchev–Trinajstić information content (AvgIpc) is 2.28. The molecule has 0 spiro atoms. The number of nitrogens with zero attached hydrogens (tertiary/aromatic N) is 2. The van der Waals surface area contributed by atoms with Crippen molar-refractivity contribution in [2.75, 3.05) is 11.4 Å². The number of hydrogen-bond donors (Lipinski definition) is 1. The van der Waals surface area contributed by atoms with Crippen LogP contribution in [0.5, 0.6) is 0 Å². The first-order chi connectivity index (χ1) is 7.59. The van der Waals surface area contributed by atoms with E-state index in [-0.39, 0.29) is 12.3 Å².